The van der Waals surface area contributed by atoms with Crippen LogP contribution in [0.25, 0.3) is 12.2 Å². The Kier molecular flexibility index (Phi) is 6.70. The molecule has 0 saturated heterocycles. The molecule has 4 nitrogen and oxygen atoms in total. The minimum Gasteiger partial charge on any atom is -0.294 e. The molecule has 2 aromatic carbocycles. The lowest BCUT2D eigenvalue weighted by atomic mass is 10.0. The summed E-state index contributed by atoms with van der Waals surface area (Å²) in [6.45, 7) is 9.01. The zero-order valence-electron chi connectivity index (χ0n) is 14.1. The van der Waals surface area contributed by atoms with Crippen molar-refractivity contribution in [1.29, 1.82) is 0 Å². The van der Waals surface area contributed by atoms with Gasteiger partial charge in [-0.2, -0.15) is 8.42 Å². The molecule has 1 N–H and O–H groups in total. The van der Waals surface area contributed by atoms with Crippen molar-refractivity contribution in [2.24, 2.45) is 0 Å². The molecule has 0 aliphatic rings. The Labute approximate surface area is 149 Å². The summed E-state index contributed by atoms with van der Waals surface area (Å²) in [6, 6.07) is 15.7. The van der Waals surface area contributed by atoms with Crippen LogP contribution in [0.1, 0.15) is 22.3 Å². The maximum Gasteiger partial charge on any atom is 0.266 e. The first-order valence-electron chi connectivity index (χ1n) is 8.01. The zero-order chi connectivity index (χ0) is 18.3. The molecule has 0 aromatic heterocycles. The average molecular weight is 357 g/mol. The van der Waals surface area contributed by atoms with Crippen LogP contribution in [0.3, 0.4) is 0 Å². The first-order valence-corrected chi connectivity index (χ1v) is 9.62. The predicted octanol–water partition coefficient (Wildman–Crippen LogP) is 3.86. The largest absolute Gasteiger partial charge is 0.294 e. The Morgan fingerprint density at radius 1 is 0.880 bits per heavy atom. The van der Waals surface area contributed by atoms with E-state index in [2.05, 4.69) is 13.2 Å². The first-order chi connectivity index (χ1) is 11.9. The quantitative estimate of drug-likeness (QED) is 0.692. The number of benzene rings is 2. The Bertz CT molecular complexity index is 790. The van der Waals surface area contributed by atoms with Crippen LogP contribution in [0.5, 0.6) is 0 Å². The van der Waals surface area contributed by atoms with E-state index >= 15 is 0 Å². The fourth-order valence-corrected chi connectivity index (χ4v) is 3.18. The molecular weight excluding hydrogens is 334 g/mol. The Hall–Kier alpha value is -2.21. The van der Waals surface area contributed by atoms with E-state index in [1.165, 1.54) is 0 Å². The molecule has 0 spiro atoms. The maximum absolute atomic E-state index is 11.2. The minimum atomic E-state index is -4.02. The molecule has 5 heteroatoms. The van der Waals surface area contributed by atoms with Crippen molar-refractivity contribution in [2.45, 2.75) is 13.1 Å². The standard InChI is InChI=1S/C20H23NO3S/c1-3-17-9-5-7-11-19(17)15-21(13-14-25(22,23)24)16-20-12-8-6-10-18(20)4-2/h3-12H,1-2,13-16H2,(H,22,23,24). The SMILES string of the molecule is C=Cc1ccccc1CN(CCS(=O)(=O)O)Cc1ccccc1C=C. The molecule has 0 amide bonds. The van der Waals surface area contributed by atoms with Gasteiger partial charge in [0, 0.05) is 19.6 Å². The van der Waals surface area contributed by atoms with Gasteiger partial charge < -0.3 is 0 Å². The molecule has 2 aromatic rings. The number of rotatable bonds is 9. The summed E-state index contributed by atoms with van der Waals surface area (Å²) in [6.07, 6.45) is 3.57. The Morgan fingerprint density at radius 3 is 1.72 bits per heavy atom. The summed E-state index contributed by atoms with van der Waals surface area (Å²) in [5.74, 6) is -0.306. The highest BCUT2D eigenvalue weighted by molar-refractivity contribution is 7.85. The second-order valence-electron chi connectivity index (χ2n) is 5.80. The molecule has 0 aliphatic heterocycles. The van der Waals surface area contributed by atoms with Gasteiger partial charge in [0.05, 0.1) is 5.75 Å². The van der Waals surface area contributed by atoms with Crippen molar-refractivity contribution in [3.63, 3.8) is 0 Å². The van der Waals surface area contributed by atoms with Gasteiger partial charge in [-0.3, -0.25) is 9.45 Å². The van der Waals surface area contributed by atoms with Crippen LogP contribution in [0.2, 0.25) is 0 Å². The predicted molar refractivity (Wildman–Crippen MR) is 104 cm³/mol. The van der Waals surface area contributed by atoms with Crippen molar-refractivity contribution in [2.75, 3.05) is 12.3 Å². The van der Waals surface area contributed by atoms with Gasteiger partial charge in [0.1, 0.15) is 0 Å². The van der Waals surface area contributed by atoms with Gasteiger partial charge in [-0.15, -0.1) is 0 Å². The normalized spacial score (nSPS) is 11.4. The summed E-state index contributed by atoms with van der Waals surface area (Å²) >= 11 is 0. The molecule has 0 radical (unpaired) electrons. The first kappa shape index (κ1) is 19.1. The van der Waals surface area contributed by atoms with Crippen LogP contribution < -0.4 is 0 Å². The van der Waals surface area contributed by atoms with Crippen molar-refractivity contribution < 1.29 is 13.0 Å². The van der Waals surface area contributed by atoms with Gasteiger partial charge in [-0.1, -0.05) is 73.8 Å². The van der Waals surface area contributed by atoms with E-state index < -0.39 is 10.1 Å². The summed E-state index contributed by atoms with van der Waals surface area (Å²) in [5, 5.41) is 0. The second kappa shape index (κ2) is 8.76. The van der Waals surface area contributed by atoms with E-state index in [0.29, 0.717) is 13.1 Å². The van der Waals surface area contributed by atoms with E-state index in [0.717, 1.165) is 22.3 Å². The maximum atomic E-state index is 11.2. The summed E-state index contributed by atoms with van der Waals surface area (Å²) < 4.78 is 31.5. The van der Waals surface area contributed by atoms with Crippen LogP contribution in [-0.4, -0.2) is 30.2 Å². The number of hydrogen-bond acceptors (Lipinski definition) is 3. The van der Waals surface area contributed by atoms with Crippen LogP contribution in [0, 0.1) is 0 Å². The highest BCUT2D eigenvalue weighted by atomic mass is 32.2. The van der Waals surface area contributed by atoms with Gasteiger partial charge in [0.15, 0.2) is 0 Å². The average Bonchev–Trinajstić information content (AvgIpc) is 2.60. The van der Waals surface area contributed by atoms with Crippen LogP contribution in [0.4, 0.5) is 0 Å². The summed E-state index contributed by atoms with van der Waals surface area (Å²) in [5.41, 5.74) is 4.14. The number of nitrogens with zero attached hydrogens (tertiary/aromatic N) is 1. The fraction of sp³-hybridized carbons (Fsp3) is 0.200. The lowest BCUT2D eigenvalue weighted by Crippen LogP contribution is -2.29. The Morgan fingerprint density at radius 2 is 1.32 bits per heavy atom. The molecule has 0 unspecified atom stereocenters. The van der Waals surface area contributed by atoms with Gasteiger partial charge in [0.25, 0.3) is 10.1 Å². The van der Waals surface area contributed by atoms with E-state index in [4.69, 9.17) is 4.55 Å². The molecule has 0 saturated carbocycles. The van der Waals surface area contributed by atoms with Gasteiger partial charge in [0.2, 0.25) is 0 Å². The van der Waals surface area contributed by atoms with E-state index in [1.54, 1.807) is 12.2 Å². The molecule has 25 heavy (non-hydrogen) atoms. The van der Waals surface area contributed by atoms with Crippen molar-refractivity contribution >= 4 is 22.3 Å². The van der Waals surface area contributed by atoms with Crippen molar-refractivity contribution in [3.8, 4) is 0 Å². The van der Waals surface area contributed by atoms with Gasteiger partial charge in [-0.25, -0.2) is 0 Å². The van der Waals surface area contributed by atoms with E-state index in [9.17, 15) is 8.42 Å². The van der Waals surface area contributed by atoms with Crippen LogP contribution in [0.15, 0.2) is 61.7 Å². The van der Waals surface area contributed by atoms with Crippen molar-refractivity contribution in [1.82, 2.24) is 4.90 Å². The van der Waals surface area contributed by atoms with Crippen LogP contribution >= 0.6 is 0 Å². The molecule has 0 heterocycles. The molecule has 0 bridgehead atoms. The third kappa shape index (κ3) is 5.98. The third-order valence-electron chi connectivity index (χ3n) is 4.00. The molecule has 0 atom stereocenters. The van der Waals surface area contributed by atoms with E-state index in [-0.39, 0.29) is 12.3 Å². The zero-order valence-corrected chi connectivity index (χ0v) is 15.0. The monoisotopic (exact) mass is 357 g/mol. The second-order valence-corrected chi connectivity index (χ2v) is 7.37. The minimum absolute atomic E-state index is 0.232. The van der Waals surface area contributed by atoms with Gasteiger partial charge in [-0.05, 0) is 22.3 Å². The topological polar surface area (TPSA) is 57.6 Å². The smallest absolute Gasteiger partial charge is 0.266 e. The third-order valence-corrected chi connectivity index (χ3v) is 4.70. The lowest BCUT2D eigenvalue weighted by molar-refractivity contribution is 0.270. The van der Waals surface area contributed by atoms with Crippen molar-refractivity contribution in [3.05, 3.63) is 83.9 Å². The highest BCUT2D eigenvalue weighted by Gasteiger charge is 2.14. The fourth-order valence-electron chi connectivity index (χ4n) is 2.69. The highest BCUT2D eigenvalue weighted by Crippen LogP contribution is 2.18. The molecule has 132 valence electrons. The van der Waals surface area contributed by atoms with Gasteiger partial charge >= 0.3 is 0 Å². The molecule has 0 fully saturated rings. The molecule has 2 rings (SSSR count). The Balaban J connectivity index is 2.26. The number of hydrogen-bond donors (Lipinski definition) is 1. The van der Waals surface area contributed by atoms with E-state index in [1.807, 2.05) is 53.4 Å². The lowest BCUT2D eigenvalue weighted by Gasteiger charge is -2.24. The van der Waals surface area contributed by atoms with Crippen LogP contribution in [-0.2, 0) is 23.2 Å². The molecule has 0 aliphatic carbocycles. The molecular formula is C20H23NO3S. The summed E-state index contributed by atoms with van der Waals surface area (Å²) in [7, 11) is -4.02. The summed E-state index contributed by atoms with van der Waals surface area (Å²) in [4.78, 5) is 2.00.